The Morgan fingerprint density at radius 2 is 1.77 bits per heavy atom. The third-order valence-electron chi connectivity index (χ3n) is 6.61. The van der Waals surface area contributed by atoms with E-state index in [9.17, 15) is 4.79 Å². The highest BCUT2D eigenvalue weighted by Gasteiger charge is 2.22. The smallest absolute Gasteiger partial charge is 0.356 e. The molecule has 6 nitrogen and oxygen atoms in total. The normalized spacial score (nSPS) is 11.1. The Labute approximate surface area is 242 Å². The molecule has 0 aliphatic heterocycles. The first-order valence-corrected chi connectivity index (χ1v) is 13.9. The van der Waals surface area contributed by atoms with Crippen molar-refractivity contribution in [2.75, 3.05) is 6.61 Å². The molecule has 0 aliphatic carbocycles. The summed E-state index contributed by atoms with van der Waals surface area (Å²) in [5, 5.41) is 6.26. The van der Waals surface area contributed by atoms with E-state index in [1.165, 1.54) is 0 Å². The summed E-state index contributed by atoms with van der Waals surface area (Å²) in [5.41, 5.74) is 6.29. The fourth-order valence-corrected chi connectivity index (χ4v) is 5.23. The quantitative estimate of drug-likeness (QED) is 0.164. The number of ether oxygens (including phenoxy) is 2. The SMILES string of the molecule is CCCc1onc(-c2c(Cl)cccc2Cl)c1COc1ccc(-c2ccc3nc(C(=O)OCC)ccc3c2)c(C)c1. The van der Waals surface area contributed by atoms with Gasteiger partial charge in [-0.2, -0.15) is 0 Å². The van der Waals surface area contributed by atoms with Crippen LogP contribution in [0.5, 0.6) is 5.75 Å². The second-order valence-electron chi connectivity index (χ2n) is 9.37. The molecule has 3 aromatic carbocycles. The zero-order chi connectivity index (χ0) is 28.2. The van der Waals surface area contributed by atoms with Gasteiger partial charge in [0.2, 0.25) is 0 Å². The second kappa shape index (κ2) is 12.1. The van der Waals surface area contributed by atoms with Gasteiger partial charge >= 0.3 is 5.97 Å². The molecule has 2 aromatic heterocycles. The van der Waals surface area contributed by atoms with Crippen molar-refractivity contribution in [1.82, 2.24) is 10.1 Å². The first-order valence-electron chi connectivity index (χ1n) is 13.1. The Bertz CT molecular complexity index is 1680. The van der Waals surface area contributed by atoms with Crippen molar-refractivity contribution in [2.45, 2.75) is 40.2 Å². The highest BCUT2D eigenvalue weighted by atomic mass is 35.5. The van der Waals surface area contributed by atoms with Gasteiger partial charge in [-0.25, -0.2) is 9.78 Å². The first-order chi connectivity index (χ1) is 19.4. The van der Waals surface area contributed by atoms with Crippen molar-refractivity contribution < 1.29 is 18.8 Å². The van der Waals surface area contributed by atoms with E-state index in [2.05, 4.69) is 23.1 Å². The predicted octanol–water partition coefficient (Wildman–Crippen LogP) is 8.88. The lowest BCUT2D eigenvalue weighted by molar-refractivity contribution is 0.0520. The molecule has 8 heteroatoms. The number of halogens is 2. The van der Waals surface area contributed by atoms with Crippen LogP contribution in [0.4, 0.5) is 0 Å². The summed E-state index contributed by atoms with van der Waals surface area (Å²) in [6.07, 6.45) is 1.63. The van der Waals surface area contributed by atoms with Gasteiger partial charge in [0.25, 0.3) is 0 Å². The molecule has 2 heterocycles. The minimum absolute atomic E-state index is 0.263. The Morgan fingerprint density at radius 1 is 0.975 bits per heavy atom. The van der Waals surface area contributed by atoms with Crippen molar-refractivity contribution in [3.8, 4) is 28.1 Å². The van der Waals surface area contributed by atoms with Gasteiger partial charge in [0.15, 0.2) is 0 Å². The third-order valence-corrected chi connectivity index (χ3v) is 7.24. The molecule has 0 fully saturated rings. The largest absolute Gasteiger partial charge is 0.489 e. The Kier molecular flexibility index (Phi) is 8.38. The number of benzene rings is 3. The monoisotopic (exact) mass is 574 g/mol. The molecule has 40 heavy (non-hydrogen) atoms. The molecule has 5 rings (SSSR count). The number of aromatic nitrogens is 2. The van der Waals surface area contributed by atoms with E-state index >= 15 is 0 Å². The molecular weight excluding hydrogens is 547 g/mol. The molecule has 0 spiro atoms. The van der Waals surface area contributed by atoms with Crippen molar-refractivity contribution in [1.29, 1.82) is 0 Å². The van der Waals surface area contributed by atoms with Gasteiger partial charge in [0.05, 0.1) is 27.7 Å². The van der Waals surface area contributed by atoms with Crippen LogP contribution in [0.1, 0.15) is 47.6 Å². The summed E-state index contributed by atoms with van der Waals surface area (Å²) in [7, 11) is 0. The number of nitrogens with zero attached hydrogens (tertiary/aromatic N) is 2. The molecule has 0 atom stereocenters. The summed E-state index contributed by atoms with van der Waals surface area (Å²) in [4.78, 5) is 16.5. The van der Waals surface area contributed by atoms with Gasteiger partial charge in [0, 0.05) is 17.4 Å². The summed E-state index contributed by atoms with van der Waals surface area (Å²) < 4.78 is 17.0. The average Bonchev–Trinajstić information content (AvgIpc) is 3.33. The van der Waals surface area contributed by atoms with Crippen LogP contribution in [0, 0.1) is 6.92 Å². The highest BCUT2D eigenvalue weighted by Crippen LogP contribution is 2.38. The molecule has 0 saturated heterocycles. The van der Waals surface area contributed by atoms with Gasteiger partial charge in [0.1, 0.15) is 29.5 Å². The first kappa shape index (κ1) is 27.7. The summed E-state index contributed by atoms with van der Waals surface area (Å²) >= 11 is 13.0. The maximum absolute atomic E-state index is 12.0. The lowest BCUT2D eigenvalue weighted by Crippen LogP contribution is -2.06. The van der Waals surface area contributed by atoms with Gasteiger partial charge in [-0.15, -0.1) is 0 Å². The molecule has 204 valence electrons. The van der Waals surface area contributed by atoms with E-state index in [-0.39, 0.29) is 6.61 Å². The van der Waals surface area contributed by atoms with Gasteiger partial charge in [-0.3, -0.25) is 0 Å². The molecule has 0 N–H and O–H groups in total. The van der Waals surface area contributed by atoms with Crippen LogP contribution < -0.4 is 4.74 Å². The summed E-state index contributed by atoms with van der Waals surface area (Å²) in [6.45, 7) is 6.48. The zero-order valence-electron chi connectivity index (χ0n) is 22.5. The summed E-state index contributed by atoms with van der Waals surface area (Å²) in [5.74, 6) is 1.07. The molecule has 0 radical (unpaired) electrons. The van der Waals surface area contributed by atoms with Crippen LogP contribution in [0.15, 0.2) is 71.3 Å². The number of fused-ring (bicyclic) bond motifs is 1. The molecular formula is C32H28Cl2N2O4. The fraction of sp³-hybridized carbons (Fsp3) is 0.219. The standard InChI is InChI=1S/C32H28Cl2N2O4/c1-4-7-29-24(31(36-40-29)30-25(33)8-6-9-26(30)34)18-39-22-12-13-23(19(3)16-22)20-10-14-27-21(17-20)11-15-28(35-27)32(37)38-5-2/h6,8-17H,4-5,7,18H2,1-3H3. The van der Waals surface area contributed by atoms with Crippen molar-refractivity contribution in [3.05, 3.63) is 99.4 Å². The van der Waals surface area contributed by atoms with Crippen LogP contribution in [0.2, 0.25) is 10.0 Å². The van der Waals surface area contributed by atoms with E-state index in [0.29, 0.717) is 33.6 Å². The van der Waals surface area contributed by atoms with Gasteiger partial charge < -0.3 is 14.0 Å². The predicted molar refractivity (Wildman–Crippen MR) is 158 cm³/mol. The number of carbonyl (C=O) groups excluding carboxylic acids is 1. The molecule has 0 bridgehead atoms. The van der Waals surface area contributed by atoms with E-state index in [0.717, 1.165) is 57.5 Å². The average molecular weight is 575 g/mol. The van der Waals surface area contributed by atoms with Gasteiger partial charge in [-0.05, 0) is 79.4 Å². The number of hydrogen-bond acceptors (Lipinski definition) is 6. The van der Waals surface area contributed by atoms with Crippen molar-refractivity contribution in [2.24, 2.45) is 0 Å². The number of esters is 1. The zero-order valence-corrected chi connectivity index (χ0v) is 24.0. The Balaban J connectivity index is 1.39. The van der Waals surface area contributed by atoms with E-state index in [1.807, 2.05) is 43.3 Å². The Hall–Kier alpha value is -3.87. The minimum atomic E-state index is -0.421. The molecule has 0 saturated carbocycles. The number of aryl methyl sites for hydroxylation is 2. The van der Waals surface area contributed by atoms with Crippen LogP contribution in [0.25, 0.3) is 33.3 Å². The van der Waals surface area contributed by atoms with E-state index in [1.54, 1.807) is 31.2 Å². The van der Waals surface area contributed by atoms with E-state index in [4.69, 9.17) is 37.2 Å². The molecule has 0 aliphatic rings. The number of pyridine rings is 1. The lowest BCUT2D eigenvalue weighted by Gasteiger charge is -2.12. The van der Waals surface area contributed by atoms with E-state index < -0.39 is 5.97 Å². The fourth-order valence-electron chi connectivity index (χ4n) is 4.65. The van der Waals surface area contributed by atoms with Gasteiger partial charge in [-0.1, -0.05) is 59.5 Å². The maximum atomic E-state index is 12.0. The Morgan fingerprint density at radius 3 is 2.50 bits per heavy atom. The number of hydrogen-bond donors (Lipinski definition) is 0. The van der Waals surface area contributed by atoms with Crippen LogP contribution >= 0.6 is 23.2 Å². The van der Waals surface area contributed by atoms with Crippen LogP contribution in [-0.2, 0) is 17.8 Å². The maximum Gasteiger partial charge on any atom is 0.356 e. The summed E-state index contributed by atoms with van der Waals surface area (Å²) in [6, 6.07) is 20.9. The molecule has 5 aromatic rings. The lowest BCUT2D eigenvalue weighted by atomic mass is 9.98. The topological polar surface area (TPSA) is 74.5 Å². The van der Waals surface area contributed by atoms with Crippen molar-refractivity contribution in [3.63, 3.8) is 0 Å². The number of carbonyl (C=O) groups is 1. The molecule has 0 unspecified atom stereocenters. The third kappa shape index (κ3) is 5.69. The van der Waals surface area contributed by atoms with Crippen LogP contribution in [-0.4, -0.2) is 22.7 Å². The molecule has 0 amide bonds. The minimum Gasteiger partial charge on any atom is -0.489 e. The van der Waals surface area contributed by atoms with Crippen molar-refractivity contribution >= 4 is 40.1 Å². The number of rotatable bonds is 9. The second-order valence-corrected chi connectivity index (χ2v) is 10.2. The highest BCUT2D eigenvalue weighted by molar-refractivity contribution is 6.39. The van der Waals surface area contributed by atoms with Crippen LogP contribution in [0.3, 0.4) is 0 Å².